The van der Waals surface area contributed by atoms with Crippen LogP contribution in [-0.2, 0) is 19.6 Å². The van der Waals surface area contributed by atoms with Crippen LogP contribution >= 0.6 is 0 Å². The van der Waals surface area contributed by atoms with Crippen molar-refractivity contribution in [2.45, 2.75) is 51.0 Å². The smallest absolute Gasteiger partial charge is 0.322 e. The van der Waals surface area contributed by atoms with Gasteiger partial charge in [0.15, 0.2) is 6.61 Å². The van der Waals surface area contributed by atoms with E-state index in [9.17, 15) is 23.1 Å². The van der Waals surface area contributed by atoms with Gasteiger partial charge in [0.2, 0.25) is 10.0 Å². The Bertz CT molecular complexity index is 1020. The second-order valence-corrected chi connectivity index (χ2v) is 10.5. The quantitative estimate of drug-likeness (QED) is 0.392. The number of carbonyl (C=O) groups excluding carboxylic acids is 1. The van der Waals surface area contributed by atoms with Crippen molar-refractivity contribution < 1.29 is 27.9 Å². The molecular weight excluding hydrogens is 456 g/mol. The minimum atomic E-state index is -3.98. The first-order chi connectivity index (χ1) is 16.1. The maximum atomic E-state index is 13.3. The molecule has 8 nitrogen and oxygen atoms in total. The van der Waals surface area contributed by atoms with Gasteiger partial charge in [-0.3, -0.25) is 9.59 Å². The molecule has 0 aliphatic heterocycles. The van der Waals surface area contributed by atoms with E-state index in [0.717, 1.165) is 9.87 Å². The lowest BCUT2D eigenvalue weighted by atomic mass is 10.1. The predicted octanol–water partition coefficient (Wildman–Crippen LogP) is 3.46. The highest BCUT2D eigenvalue weighted by atomic mass is 32.2. The maximum Gasteiger partial charge on any atom is 0.322 e. The number of ether oxygens (including phenoxy) is 1. The van der Waals surface area contributed by atoms with Gasteiger partial charge in [-0.25, -0.2) is 8.42 Å². The number of hydrogen-bond acceptors (Lipinski definition) is 5. The highest BCUT2D eigenvalue weighted by molar-refractivity contribution is 7.89. The number of hydrogen-bond donors (Lipinski definition) is 2. The lowest BCUT2D eigenvalue weighted by molar-refractivity contribution is -0.142. The van der Waals surface area contributed by atoms with Crippen molar-refractivity contribution >= 4 is 21.9 Å². The minimum Gasteiger partial charge on any atom is -0.484 e. The number of aliphatic carboxylic acids is 1. The summed E-state index contributed by atoms with van der Waals surface area (Å²) >= 11 is 0. The summed E-state index contributed by atoms with van der Waals surface area (Å²) in [5.74, 6) is -0.911. The third-order valence-corrected chi connectivity index (χ3v) is 7.03. The molecule has 0 aliphatic rings. The number of nitrogens with one attached hydrogen (secondary N) is 1. The Morgan fingerprint density at radius 1 is 1.03 bits per heavy atom. The zero-order valence-corrected chi connectivity index (χ0v) is 20.8. The first kappa shape index (κ1) is 27.3. The summed E-state index contributed by atoms with van der Waals surface area (Å²) in [6.45, 7) is 5.89. The zero-order valence-electron chi connectivity index (χ0n) is 19.9. The molecule has 0 spiro atoms. The third-order valence-electron chi connectivity index (χ3n) is 5.14. The molecule has 0 aromatic heterocycles. The Kier molecular flexibility index (Phi) is 10.5. The van der Waals surface area contributed by atoms with Crippen LogP contribution in [0.3, 0.4) is 0 Å². The van der Waals surface area contributed by atoms with E-state index in [-0.39, 0.29) is 36.3 Å². The number of sulfonamides is 1. The summed E-state index contributed by atoms with van der Waals surface area (Å²) in [5, 5.41) is 12.6. The second-order valence-electron chi connectivity index (χ2n) is 8.58. The van der Waals surface area contributed by atoms with Gasteiger partial charge in [-0.2, -0.15) is 4.31 Å². The van der Waals surface area contributed by atoms with E-state index in [0.29, 0.717) is 25.1 Å². The van der Waals surface area contributed by atoms with Crippen LogP contribution in [0.1, 0.15) is 38.7 Å². The molecule has 9 heteroatoms. The van der Waals surface area contributed by atoms with Gasteiger partial charge in [-0.05, 0) is 56.4 Å². The minimum absolute atomic E-state index is 0.0500. The van der Waals surface area contributed by atoms with Gasteiger partial charge in [-0.1, -0.05) is 49.7 Å². The number of carbonyl (C=O) groups is 2. The summed E-state index contributed by atoms with van der Waals surface area (Å²) in [4.78, 5) is 24.1. The number of nitrogens with zero attached hydrogens (tertiary/aromatic N) is 1. The first-order valence-corrected chi connectivity index (χ1v) is 12.8. The van der Waals surface area contributed by atoms with Gasteiger partial charge in [0.05, 0.1) is 4.90 Å². The standard InChI is InChI=1S/C25H34N2O6S/c1-19(2)17-27(34(31,32)22-14-12-20(3)13-15-22)23(25(29)30)11-7-8-16-26-24(28)18-33-21-9-5-4-6-10-21/h4-6,9-10,12-15,19,23H,7-8,11,16-18H2,1-3H3,(H,26,28)(H,29,30)/t23-/m0/s1. The molecule has 2 N–H and O–H groups in total. The monoisotopic (exact) mass is 490 g/mol. The predicted molar refractivity (Wildman–Crippen MR) is 130 cm³/mol. The Morgan fingerprint density at radius 2 is 1.68 bits per heavy atom. The fraction of sp³-hybridized carbons (Fsp3) is 0.440. The topological polar surface area (TPSA) is 113 Å². The van der Waals surface area contributed by atoms with Crippen molar-refractivity contribution in [3.63, 3.8) is 0 Å². The molecule has 1 amide bonds. The molecule has 0 saturated heterocycles. The van der Waals surface area contributed by atoms with E-state index in [1.54, 1.807) is 24.3 Å². The molecule has 0 heterocycles. The molecule has 2 rings (SSSR count). The first-order valence-electron chi connectivity index (χ1n) is 11.4. The molecule has 186 valence electrons. The van der Waals surface area contributed by atoms with Crippen molar-refractivity contribution in [1.82, 2.24) is 9.62 Å². The Morgan fingerprint density at radius 3 is 2.26 bits per heavy atom. The molecule has 0 bridgehead atoms. The van der Waals surface area contributed by atoms with Crippen LogP contribution in [0.15, 0.2) is 59.5 Å². The SMILES string of the molecule is Cc1ccc(S(=O)(=O)N(CC(C)C)[C@@H](CCCCNC(=O)COc2ccccc2)C(=O)O)cc1. The van der Waals surface area contributed by atoms with E-state index in [2.05, 4.69) is 5.32 Å². The Balaban J connectivity index is 1.93. The summed E-state index contributed by atoms with van der Waals surface area (Å²) in [6, 6.07) is 14.2. The molecule has 0 fully saturated rings. The number of rotatable bonds is 14. The van der Waals surface area contributed by atoms with Crippen molar-refractivity contribution in [3.05, 3.63) is 60.2 Å². The van der Waals surface area contributed by atoms with Crippen LogP contribution in [0.5, 0.6) is 5.75 Å². The normalized spacial score (nSPS) is 12.5. The molecule has 0 radical (unpaired) electrons. The average molecular weight is 491 g/mol. The Labute approximate surface area is 202 Å². The van der Waals surface area contributed by atoms with Crippen molar-refractivity contribution in [2.75, 3.05) is 19.7 Å². The van der Waals surface area contributed by atoms with Crippen LogP contribution in [0.25, 0.3) is 0 Å². The van der Waals surface area contributed by atoms with E-state index in [1.165, 1.54) is 12.1 Å². The van der Waals surface area contributed by atoms with Gasteiger partial charge in [0, 0.05) is 13.1 Å². The van der Waals surface area contributed by atoms with Crippen LogP contribution in [0.4, 0.5) is 0 Å². The van der Waals surface area contributed by atoms with Crippen LogP contribution in [0.2, 0.25) is 0 Å². The van der Waals surface area contributed by atoms with Gasteiger partial charge < -0.3 is 15.2 Å². The Hall–Kier alpha value is -2.91. The summed E-state index contributed by atoms with van der Waals surface area (Å²) in [7, 11) is -3.98. The molecule has 0 aliphatic carbocycles. The zero-order chi connectivity index (χ0) is 25.1. The maximum absolute atomic E-state index is 13.3. The van der Waals surface area contributed by atoms with E-state index in [1.807, 2.05) is 39.0 Å². The van der Waals surface area contributed by atoms with Crippen LogP contribution < -0.4 is 10.1 Å². The van der Waals surface area contributed by atoms with Crippen LogP contribution in [-0.4, -0.2) is 55.4 Å². The second kappa shape index (κ2) is 13.1. The number of unbranched alkanes of at least 4 members (excludes halogenated alkanes) is 1. The lowest BCUT2D eigenvalue weighted by Gasteiger charge is -2.29. The van der Waals surface area contributed by atoms with Gasteiger partial charge in [0.25, 0.3) is 5.91 Å². The van der Waals surface area contributed by atoms with E-state index < -0.39 is 22.0 Å². The molecule has 0 unspecified atom stereocenters. The number of carboxylic acid groups (broad SMARTS) is 1. The number of aryl methyl sites for hydroxylation is 1. The largest absolute Gasteiger partial charge is 0.484 e. The molecule has 1 atom stereocenters. The fourth-order valence-electron chi connectivity index (χ4n) is 3.40. The number of carboxylic acids is 1. The van der Waals surface area contributed by atoms with E-state index in [4.69, 9.17) is 4.74 Å². The van der Waals surface area contributed by atoms with Crippen molar-refractivity contribution in [1.29, 1.82) is 0 Å². The number of para-hydroxylation sites is 1. The van der Waals surface area contributed by atoms with Gasteiger partial charge in [0.1, 0.15) is 11.8 Å². The summed E-state index contributed by atoms with van der Waals surface area (Å²) in [5.41, 5.74) is 0.917. The van der Waals surface area contributed by atoms with Crippen LogP contribution in [0, 0.1) is 12.8 Å². The van der Waals surface area contributed by atoms with Gasteiger partial charge >= 0.3 is 5.97 Å². The number of amides is 1. The highest BCUT2D eigenvalue weighted by Gasteiger charge is 2.35. The molecule has 0 saturated carbocycles. The summed E-state index contributed by atoms with van der Waals surface area (Å²) < 4.78 is 33.0. The average Bonchev–Trinajstić information content (AvgIpc) is 2.79. The molecule has 34 heavy (non-hydrogen) atoms. The van der Waals surface area contributed by atoms with Crippen molar-refractivity contribution in [3.8, 4) is 5.75 Å². The van der Waals surface area contributed by atoms with Crippen molar-refractivity contribution in [2.24, 2.45) is 5.92 Å². The molecule has 2 aromatic rings. The molecule has 2 aromatic carbocycles. The van der Waals surface area contributed by atoms with Gasteiger partial charge in [-0.15, -0.1) is 0 Å². The lowest BCUT2D eigenvalue weighted by Crippen LogP contribution is -2.46. The number of benzene rings is 2. The highest BCUT2D eigenvalue weighted by Crippen LogP contribution is 2.23. The third kappa shape index (κ3) is 8.46. The summed E-state index contributed by atoms with van der Waals surface area (Å²) in [6.07, 6.45) is 1.10. The molecular formula is C25H34N2O6S. The fourth-order valence-corrected chi connectivity index (χ4v) is 5.17. The van der Waals surface area contributed by atoms with E-state index >= 15 is 0 Å².